The van der Waals surface area contributed by atoms with Gasteiger partial charge in [-0.15, -0.1) is 15.0 Å². The maximum atomic E-state index is 10.8. The predicted octanol–water partition coefficient (Wildman–Crippen LogP) is 0.165. The molecule has 1 heterocycles. The van der Waals surface area contributed by atoms with Crippen LogP contribution < -0.4 is 0 Å². The molecule has 7 nitrogen and oxygen atoms in total. The van der Waals surface area contributed by atoms with Gasteiger partial charge in [0.05, 0.1) is 6.61 Å². The molecular weight excluding hydrogens is 176 g/mol. The van der Waals surface area contributed by atoms with E-state index in [1.807, 2.05) is 0 Å². The van der Waals surface area contributed by atoms with Gasteiger partial charge in [0.1, 0.15) is 0 Å². The highest BCUT2D eigenvalue weighted by atomic mass is 16.7. The summed E-state index contributed by atoms with van der Waals surface area (Å²) in [6.07, 6.45) is 0.838. The van der Waals surface area contributed by atoms with E-state index in [1.165, 1.54) is 0 Å². The van der Waals surface area contributed by atoms with Gasteiger partial charge in [-0.2, -0.15) is 0 Å². The molecule has 1 aromatic heterocycles. The van der Waals surface area contributed by atoms with Crippen molar-refractivity contribution in [1.82, 2.24) is 20.2 Å². The molecule has 0 bridgehead atoms. The Balaban J connectivity index is 2.42. The third-order valence-electron chi connectivity index (χ3n) is 1.18. The Morgan fingerprint density at radius 3 is 3.00 bits per heavy atom. The molecule has 71 valence electrons. The number of tetrazole rings is 1. The molecule has 1 radical (unpaired) electrons. The zero-order chi connectivity index (χ0) is 9.68. The molecule has 0 aliphatic carbocycles. The summed E-state index contributed by atoms with van der Waals surface area (Å²) in [7, 11) is 0. The van der Waals surface area contributed by atoms with Gasteiger partial charge in [-0.3, -0.25) is 0 Å². The van der Waals surface area contributed by atoms with Crippen molar-refractivity contribution in [1.29, 1.82) is 0 Å². The quantitative estimate of drug-likeness (QED) is 0.624. The molecule has 1 atom stereocenters. The van der Waals surface area contributed by atoms with Gasteiger partial charge < -0.3 is 9.47 Å². The molecule has 0 aliphatic heterocycles. The van der Waals surface area contributed by atoms with Crippen molar-refractivity contribution in [3.8, 4) is 0 Å². The summed E-state index contributed by atoms with van der Waals surface area (Å²) in [5, 5.41) is 10.4. The summed E-state index contributed by atoms with van der Waals surface area (Å²) >= 11 is 0. The average Bonchev–Trinajstić information content (AvgIpc) is 2.55. The van der Waals surface area contributed by atoms with Gasteiger partial charge in [-0.25, -0.2) is 4.79 Å². The Labute approximate surface area is 74.6 Å². The predicted molar refractivity (Wildman–Crippen MR) is 39.5 cm³/mol. The van der Waals surface area contributed by atoms with Crippen molar-refractivity contribution in [3.63, 3.8) is 0 Å². The van der Waals surface area contributed by atoms with Crippen LogP contribution in [0.3, 0.4) is 0 Å². The second kappa shape index (κ2) is 4.39. The summed E-state index contributed by atoms with van der Waals surface area (Å²) in [6.45, 7) is 3.54. The van der Waals surface area contributed by atoms with Gasteiger partial charge in [0, 0.05) is 0 Å². The molecule has 1 unspecified atom stereocenters. The molecule has 0 saturated heterocycles. The van der Waals surface area contributed by atoms with Gasteiger partial charge in [0.25, 0.3) is 0 Å². The van der Waals surface area contributed by atoms with E-state index >= 15 is 0 Å². The lowest BCUT2D eigenvalue weighted by Gasteiger charge is -2.10. The maximum Gasteiger partial charge on any atom is 0.510 e. The first-order valence-electron chi connectivity index (χ1n) is 3.73. The lowest BCUT2D eigenvalue weighted by atomic mass is 10.7. The minimum absolute atomic E-state index is 0.266. The fraction of sp³-hybridized carbons (Fsp3) is 0.667. The van der Waals surface area contributed by atoms with E-state index in [-0.39, 0.29) is 6.61 Å². The van der Waals surface area contributed by atoms with Crippen LogP contribution in [0.4, 0.5) is 4.79 Å². The van der Waals surface area contributed by atoms with Crippen molar-refractivity contribution < 1.29 is 14.3 Å². The summed E-state index contributed by atoms with van der Waals surface area (Å²) < 4.78 is 9.30. The van der Waals surface area contributed by atoms with Crippen LogP contribution in [0.15, 0.2) is 0 Å². The highest BCUT2D eigenvalue weighted by Gasteiger charge is 2.12. The second-order valence-electron chi connectivity index (χ2n) is 2.11. The van der Waals surface area contributed by atoms with Crippen LogP contribution in [-0.4, -0.2) is 33.0 Å². The van der Waals surface area contributed by atoms with Crippen molar-refractivity contribution >= 4 is 6.16 Å². The van der Waals surface area contributed by atoms with Crippen LogP contribution >= 0.6 is 0 Å². The lowest BCUT2D eigenvalue weighted by Crippen LogP contribution is -2.17. The van der Waals surface area contributed by atoms with E-state index in [9.17, 15) is 4.79 Å². The molecule has 1 rings (SSSR count). The smallest absolute Gasteiger partial charge is 0.435 e. The minimum Gasteiger partial charge on any atom is -0.435 e. The fourth-order valence-electron chi connectivity index (χ4n) is 0.644. The monoisotopic (exact) mass is 185 g/mol. The molecule has 0 fully saturated rings. The Morgan fingerprint density at radius 1 is 1.69 bits per heavy atom. The second-order valence-corrected chi connectivity index (χ2v) is 2.11. The molecule has 0 amide bonds. The summed E-state index contributed by atoms with van der Waals surface area (Å²) in [4.78, 5) is 11.9. The number of nitrogens with zero attached hydrogens (tertiary/aromatic N) is 4. The Kier molecular flexibility index (Phi) is 3.18. The zero-order valence-electron chi connectivity index (χ0n) is 7.30. The molecule has 0 aliphatic rings. The number of aromatic nitrogens is 4. The lowest BCUT2D eigenvalue weighted by molar-refractivity contribution is -0.00520. The summed E-state index contributed by atoms with van der Waals surface area (Å²) in [6, 6.07) is 0. The van der Waals surface area contributed by atoms with Gasteiger partial charge in [0.15, 0.2) is 0 Å². The molecule has 1 aromatic rings. The number of carbonyl (C=O) groups excluding carboxylic acids is 1. The highest BCUT2D eigenvalue weighted by Crippen LogP contribution is 2.03. The Bertz CT molecular complexity index is 261. The van der Waals surface area contributed by atoms with Crippen LogP contribution in [0.25, 0.3) is 0 Å². The SMILES string of the molecule is CCOC(=O)OC(C)n1n[c]nn1. The molecular formula is C6H9N4O3. The maximum absolute atomic E-state index is 10.8. The van der Waals surface area contributed by atoms with Crippen LogP contribution in [0.1, 0.15) is 20.1 Å². The van der Waals surface area contributed by atoms with Crippen LogP contribution in [0, 0.1) is 6.33 Å². The van der Waals surface area contributed by atoms with Crippen LogP contribution in [0.5, 0.6) is 0 Å². The largest absolute Gasteiger partial charge is 0.510 e. The van der Waals surface area contributed by atoms with E-state index in [4.69, 9.17) is 4.74 Å². The summed E-state index contributed by atoms with van der Waals surface area (Å²) in [5.41, 5.74) is 0. The Hall–Kier alpha value is -1.66. The number of hydrogen-bond donors (Lipinski definition) is 0. The van der Waals surface area contributed by atoms with Gasteiger partial charge >= 0.3 is 6.16 Å². The fourth-order valence-corrected chi connectivity index (χ4v) is 0.644. The molecule has 0 spiro atoms. The minimum atomic E-state index is -0.757. The van der Waals surface area contributed by atoms with E-state index in [2.05, 4.69) is 26.5 Å². The highest BCUT2D eigenvalue weighted by molar-refractivity contribution is 5.59. The first-order valence-corrected chi connectivity index (χ1v) is 3.73. The van der Waals surface area contributed by atoms with Crippen LogP contribution in [-0.2, 0) is 9.47 Å². The molecule has 0 saturated carbocycles. The molecule has 0 N–H and O–H groups in total. The van der Waals surface area contributed by atoms with Crippen molar-refractivity contribution in [2.75, 3.05) is 6.61 Å². The van der Waals surface area contributed by atoms with E-state index in [1.54, 1.807) is 13.8 Å². The van der Waals surface area contributed by atoms with Gasteiger partial charge in [-0.05, 0) is 19.1 Å². The molecule has 7 heteroatoms. The first-order chi connectivity index (χ1) is 6.24. The third kappa shape index (κ3) is 2.69. The topological polar surface area (TPSA) is 79.1 Å². The van der Waals surface area contributed by atoms with Gasteiger partial charge in [-0.1, -0.05) is 0 Å². The average molecular weight is 185 g/mol. The molecule has 0 aromatic carbocycles. The van der Waals surface area contributed by atoms with E-state index < -0.39 is 12.4 Å². The van der Waals surface area contributed by atoms with Crippen LogP contribution in [0.2, 0.25) is 0 Å². The Morgan fingerprint density at radius 2 is 2.46 bits per heavy atom. The van der Waals surface area contributed by atoms with Gasteiger partial charge in [0.2, 0.25) is 12.6 Å². The number of ether oxygens (including phenoxy) is 2. The van der Waals surface area contributed by atoms with E-state index in [0.29, 0.717) is 0 Å². The van der Waals surface area contributed by atoms with Crippen molar-refractivity contribution in [3.05, 3.63) is 6.33 Å². The number of hydrogen-bond acceptors (Lipinski definition) is 6. The van der Waals surface area contributed by atoms with E-state index in [0.717, 1.165) is 4.80 Å². The third-order valence-corrected chi connectivity index (χ3v) is 1.18. The van der Waals surface area contributed by atoms with Crippen molar-refractivity contribution in [2.45, 2.75) is 20.1 Å². The number of rotatable bonds is 3. The standard InChI is InChI=1S/C6H9N4O3/c1-3-12-6(11)13-5(2)10-8-4-7-9-10/h5H,3H2,1-2H3. The first kappa shape index (κ1) is 9.43. The number of carbonyl (C=O) groups is 1. The zero-order valence-corrected chi connectivity index (χ0v) is 7.30. The normalized spacial score (nSPS) is 12.2. The summed E-state index contributed by atoms with van der Waals surface area (Å²) in [5.74, 6) is 0. The molecule has 13 heavy (non-hydrogen) atoms. The van der Waals surface area contributed by atoms with Crippen molar-refractivity contribution in [2.24, 2.45) is 0 Å².